The number of hydrogen-bond donors (Lipinski definition) is 2. The molecular weight excluding hydrogens is 711 g/mol. The van der Waals surface area contributed by atoms with Crippen LogP contribution in [0.5, 0.6) is 0 Å². The number of rotatable bonds is 16. The Balaban J connectivity index is -0.000000131. The van der Waals surface area contributed by atoms with E-state index >= 15 is 0 Å². The first-order valence-corrected chi connectivity index (χ1v) is 15.2. The Morgan fingerprint density at radius 1 is 0.488 bits per heavy atom. The number of hydrogen-bond acceptors (Lipinski definition) is 10. The molecule has 0 aliphatic heterocycles. The van der Waals surface area contributed by atoms with Gasteiger partial charge in [-0.25, -0.2) is 0 Å². The maximum atomic E-state index is 9.76. The van der Waals surface area contributed by atoms with Crippen molar-refractivity contribution < 1.29 is 60.7 Å². The van der Waals surface area contributed by atoms with Crippen LogP contribution in [-0.4, -0.2) is 36.0 Å². The molecule has 1 saturated carbocycles. The average Bonchev–Trinajstić information content (AvgIpc) is 2.87. The minimum absolute atomic E-state index is 0. The smallest absolute Gasteiger partial charge is 0.550 e. The van der Waals surface area contributed by atoms with Crippen molar-refractivity contribution in [2.45, 2.75) is 168 Å². The second kappa shape index (κ2) is 40.6. The van der Waals surface area contributed by atoms with Crippen molar-refractivity contribution in [3.63, 3.8) is 0 Å². The molecule has 0 spiro atoms. The van der Waals surface area contributed by atoms with Gasteiger partial charge in [0.05, 0.1) is 0 Å². The summed E-state index contributed by atoms with van der Waals surface area (Å²) in [6, 6.07) is 0.562. The number of carboxylic acids is 4. The van der Waals surface area contributed by atoms with E-state index in [2.05, 4.69) is 0 Å². The van der Waals surface area contributed by atoms with E-state index < -0.39 is 23.9 Å². The van der Waals surface area contributed by atoms with E-state index in [9.17, 15) is 39.6 Å². The van der Waals surface area contributed by atoms with Gasteiger partial charge in [0.15, 0.2) is 0 Å². The minimum Gasteiger partial charge on any atom is -0.550 e. The van der Waals surface area contributed by atoms with Gasteiger partial charge in [0.2, 0.25) is 0 Å². The van der Waals surface area contributed by atoms with Crippen LogP contribution in [0.15, 0.2) is 0 Å². The number of carbonyl (C=O) groups excluding carboxylic acids is 4. The van der Waals surface area contributed by atoms with Crippen molar-refractivity contribution in [2.24, 2.45) is 11.5 Å². The summed E-state index contributed by atoms with van der Waals surface area (Å²) >= 11 is 0. The number of aliphatic carboxylic acids is 4. The molecule has 0 saturated heterocycles. The summed E-state index contributed by atoms with van der Waals surface area (Å²) in [5, 5.41) is 39.1. The van der Waals surface area contributed by atoms with Gasteiger partial charge in [-0.15, -0.1) is 0 Å². The van der Waals surface area contributed by atoms with Crippen LogP contribution in [0.4, 0.5) is 0 Å². The molecule has 0 heterocycles. The third-order valence-corrected chi connectivity index (χ3v) is 5.81. The molecule has 1 rings (SSSR count). The van der Waals surface area contributed by atoms with Gasteiger partial charge in [0.25, 0.3) is 0 Å². The van der Waals surface area contributed by atoms with Crippen molar-refractivity contribution >= 4 is 23.9 Å². The number of nitrogens with two attached hydrogens (primary N) is 2. The third kappa shape index (κ3) is 58.9. The van der Waals surface area contributed by atoms with Crippen LogP contribution < -0.4 is 31.9 Å². The van der Waals surface area contributed by atoms with Crippen LogP contribution in [0.2, 0.25) is 0 Å². The van der Waals surface area contributed by atoms with Crippen LogP contribution in [0.1, 0.15) is 156 Å². The monoisotopic (exact) mass is 769 g/mol. The topological polar surface area (TPSA) is 213 Å². The summed E-state index contributed by atoms with van der Waals surface area (Å²) in [5.41, 5.74) is 11.3. The van der Waals surface area contributed by atoms with Gasteiger partial charge >= 0.3 is 21.1 Å². The molecule has 11 heteroatoms. The number of carbonyl (C=O) groups is 4. The van der Waals surface area contributed by atoms with Crippen LogP contribution >= 0.6 is 0 Å². The summed E-state index contributed by atoms with van der Waals surface area (Å²) in [7, 11) is 0. The largest absolute Gasteiger partial charge is 4.00 e. The van der Waals surface area contributed by atoms with Crippen molar-refractivity contribution in [1.29, 1.82) is 0 Å². The molecule has 1 aliphatic carbocycles. The van der Waals surface area contributed by atoms with Gasteiger partial charge in [-0.3, -0.25) is 0 Å². The minimum atomic E-state index is -0.932. The van der Waals surface area contributed by atoms with E-state index in [1.165, 1.54) is 12.8 Å². The molecule has 2 atom stereocenters. The predicted octanol–water partition coefficient (Wildman–Crippen LogP) is 1.48. The van der Waals surface area contributed by atoms with Crippen molar-refractivity contribution in [1.82, 2.24) is 0 Å². The Labute approximate surface area is 263 Å². The Morgan fingerprint density at radius 2 is 0.683 bits per heavy atom. The zero-order chi connectivity index (χ0) is 31.6. The zero-order valence-corrected chi connectivity index (χ0v) is 28.3. The summed E-state index contributed by atoms with van der Waals surface area (Å²) in [4.78, 5) is 39.1. The zero-order valence-electron chi connectivity index (χ0n) is 26.0. The van der Waals surface area contributed by atoms with Gasteiger partial charge in [-0.2, -0.15) is 0 Å². The molecule has 0 unspecified atom stereocenters. The molecule has 246 valence electrons. The fourth-order valence-electron chi connectivity index (χ4n) is 3.27. The summed E-state index contributed by atoms with van der Waals surface area (Å²) < 4.78 is 0. The molecule has 0 amide bonds. The van der Waals surface area contributed by atoms with Crippen molar-refractivity contribution in [3.05, 3.63) is 0 Å². The first-order chi connectivity index (χ1) is 18.9. The van der Waals surface area contributed by atoms with E-state index in [4.69, 9.17) is 11.5 Å². The Kier molecular flexibility index (Phi) is 48.7. The molecule has 0 aromatic carbocycles. The molecule has 0 aromatic rings. The fourth-order valence-corrected chi connectivity index (χ4v) is 3.27. The van der Waals surface area contributed by atoms with Crippen LogP contribution in [0.25, 0.3) is 0 Å². The molecule has 1 aliphatic rings. The van der Waals surface area contributed by atoms with E-state index in [0.29, 0.717) is 0 Å². The molecule has 0 aromatic heterocycles. The first kappa shape index (κ1) is 49.2. The van der Waals surface area contributed by atoms with E-state index in [0.717, 1.165) is 89.9 Å². The second-order valence-corrected chi connectivity index (χ2v) is 9.93. The fraction of sp³-hybridized carbons (Fsp3) is 0.867. The molecule has 0 bridgehead atoms. The molecule has 1 fully saturated rings. The normalized spacial score (nSPS) is 14.9. The Bertz CT molecular complexity index is 505. The van der Waals surface area contributed by atoms with Crippen molar-refractivity contribution in [3.8, 4) is 0 Å². The molecule has 41 heavy (non-hydrogen) atoms. The van der Waals surface area contributed by atoms with Crippen LogP contribution in [0.3, 0.4) is 0 Å². The van der Waals surface area contributed by atoms with E-state index in [-0.39, 0.29) is 58.8 Å². The van der Waals surface area contributed by atoms with Gasteiger partial charge in [-0.05, 0) is 64.2 Å². The van der Waals surface area contributed by atoms with Gasteiger partial charge < -0.3 is 51.1 Å². The quantitative estimate of drug-likeness (QED) is 0.216. The van der Waals surface area contributed by atoms with Gasteiger partial charge in [0, 0.05) is 36.0 Å². The van der Waals surface area contributed by atoms with E-state index in [1.807, 2.05) is 27.7 Å². The molecule has 10 nitrogen and oxygen atoms in total. The molecule has 4 N–H and O–H groups in total. The SMILES string of the molecule is CCCCCC(=O)[O-].CCCCCC(=O)[O-].CCCCCC(=O)[O-].CCCCCC(=O)[O-].N[C@@H]1CCCC[C@H]1N.[Pt+4]. The van der Waals surface area contributed by atoms with Crippen LogP contribution in [-0.2, 0) is 40.2 Å². The Morgan fingerprint density at radius 3 is 0.805 bits per heavy atom. The van der Waals surface area contributed by atoms with Gasteiger partial charge in [0.1, 0.15) is 0 Å². The van der Waals surface area contributed by atoms with Gasteiger partial charge in [-0.1, -0.05) is 91.9 Å². The average molecular weight is 770 g/mol. The van der Waals surface area contributed by atoms with E-state index in [1.54, 1.807) is 0 Å². The predicted molar refractivity (Wildman–Crippen MR) is 151 cm³/mol. The first-order valence-electron chi connectivity index (χ1n) is 15.2. The maximum Gasteiger partial charge on any atom is 4.00 e. The second-order valence-electron chi connectivity index (χ2n) is 9.93. The summed E-state index contributed by atoms with van der Waals surface area (Å²) in [6.45, 7) is 8.15. The molecular formula is C30H58N2O8Pt. The van der Waals surface area contributed by atoms with Crippen molar-refractivity contribution in [2.75, 3.05) is 0 Å². The molecule has 0 radical (unpaired) electrons. The standard InChI is InChI=1S/C6H14N2.4C6H12O2.Pt/c7-5-3-1-2-4-6(5)8;4*1-2-3-4-5-6(7)8;/h5-6H,1-4,7-8H2;4*2-5H2,1H3,(H,7,8);/q;;;;;+4/p-4/t5-,6-;;;;;/m1...../s1. The summed E-state index contributed by atoms with van der Waals surface area (Å²) in [5.74, 6) is -3.73. The third-order valence-electron chi connectivity index (χ3n) is 5.81. The Hall–Kier alpha value is -1.51. The number of unbranched alkanes of at least 4 members (excludes halogenated alkanes) is 8. The maximum absolute atomic E-state index is 9.76. The van der Waals surface area contributed by atoms with Crippen LogP contribution in [0, 0.1) is 0 Å². The summed E-state index contributed by atoms with van der Waals surface area (Å²) in [6.07, 6.45) is 16.9. The number of carboxylic acid groups (broad SMARTS) is 4.